The van der Waals surface area contributed by atoms with Crippen molar-refractivity contribution in [3.05, 3.63) is 41.7 Å². The molecule has 1 aromatic carbocycles. The van der Waals surface area contributed by atoms with E-state index in [1.165, 1.54) is 19.1 Å². The Bertz CT molecular complexity index is 711. The van der Waals surface area contributed by atoms with Gasteiger partial charge in [0.2, 0.25) is 5.95 Å². The van der Waals surface area contributed by atoms with E-state index in [1.54, 1.807) is 12.1 Å². The first-order valence-electron chi connectivity index (χ1n) is 6.54. The molecule has 0 aliphatic rings. The molecule has 1 aromatic heterocycles. The molecule has 2 N–H and O–H groups in total. The van der Waals surface area contributed by atoms with Crippen molar-refractivity contribution in [3.8, 4) is 5.75 Å². The maximum absolute atomic E-state index is 12.7. The Balaban J connectivity index is 2.25. The van der Waals surface area contributed by atoms with E-state index in [1.807, 2.05) is 0 Å². The van der Waals surface area contributed by atoms with E-state index in [9.17, 15) is 23.1 Å². The third kappa shape index (κ3) is 3.81. The molecule has 0 aliphatic heterocycles. The van der Waals surface area contributed by atoms with Gasteiger partial charge in [0, 0.05) is 7.05 Å². The number of carbonyl (C=O) groups excluding carboxylic acids is 1. The normalized spacial score (nSPS) is 12.8. The molecule has 1 heterocycles. The number of ether oxygens (including phenoxy) is 1. The van der Waals surface area contributed by atoms with Crippen molar-refractivity contribution < 1.29 is 27.8 Å². The molecule has 2 aromatic rings. The minimum Gasteiger partial charge on any atom is -0.465 e. The van der Waals surface area contributed by atoms with E-state index in [4.69, 9.17) is 4.74 Å². The Morgan fingerprint density at radius 2 is 2.04 bits per heavy atom. The van der Waals surface area contributed by atoms with Crippen LogP contribution in [0.1, 0.15) is 23.0 Å². The summed E-state index contributed by atoms with van der Waals surface area (Å²) in [5.74, 6) is -0.858. The molecular weight excluding hydrogens is 315 g/mol. The summed E-state index contributed by atoms with van der Waals surface area (Å²) in [7, 11) is 1.14. The predicted molar refractivity (Wildman–Crippen MR) is 74.9 cm³/mol. The van der Waals surface area contributed by atoms with E-state index in [-0.39, 0.29) is 17.3 Å². The zero-order valence-electron chi connectivity index (χ0n) is 12.3. The van der Waals surface area contributed by atoms with Crippen LogP contribution in [0.2, 0.25) is 0 Å². The Morgan fingerprint density at radius 1 is 1.39 bits per heavy atom. The lowest BCUT2D eigenvalue weighted by Gasteiger charge is -2.13. The molecule has 1 amide bonds. The highest BCUT2D eigenvalue weighted by Gasteiger charge is 2.35. The molecule has 9 heteroatoms. The molecule has 1 atom stereocenters. The number of hydrogen-bond donors (Lipinski definition) is 2. The van der Waals surface area contributed by atoms with Gasteiger partial charge in [-0.2, -0.15) is 13.2 Å². The number of carbonyl (C=O) groups is 1. The van der Waals surface area contributed by atoms with Gasteiger partial charge in [-0.3, -0.25) is 10.1 Å². The van der Waals surface area contributed by atoms with E-state index >= 15 is 0 Å². The maximum Gasteiger partial charge on any atom is 0.433 e. The fourth-order valence-corrected chi connectivity index (χ4v) is 1.90. The minimum atomic E-state index is -4.57. The van der Waals surface area contributed by atoms with Crippen LogP contribution in [0.5, 0.6) is 5.75 Å². The van der Waals surface area contributed by atoms with Crippen molar-refractivity contribution in [2.75, 3.05) is 5.32 Å². The first-order valence-corrected chi connectivity index (χ1v) is 6.54. The second-order valence-electron chi connectivity index (χ2n) is 4.69. The number of amides is 1. The summed E-state index contributed by atoms with van der Waals surface area (Å²) < 4.78 is 43.9. The van der Waals surface area contributed by atoms with Gasteiger partial charge in [0.05, 0.1) is 11.8 Å². The number of aliphatic hydroxyl groups is 1. The molecule has 0 radical (unpaired) electrons. The lowest BCUT2D eigenvalue weighted by atomic mass is 10.2. The average Bonchev–Trinajstić information content (AvgIpc) is 2.80. The van der Waals surface area contributed by atoms with Gasteiger partial charge in [0.25, 0.3) is 5.91 Å². The number of benzene rings is 1. The summed E-state index contributed by atoms with van der Waals surface area (Å²) >= 11 is 0. The summed E-state index contributed by atoms with van der Waals surface area (Å²) in [6.07, 6.45) is -5.08. The molecule has 124 valence electrons. The molecule has 6 nitrogen and oxygen atoms in total. The summed E-state index contributed by atoms with van der Waals surface area (Å²) in [5, 5.41) is 11.5. The highest BCUT2D eigenvalue weighted by Crippen LogP contribution is 2.30. The van der Waals surface area contributed by atoms with Gasteiger partial charge in [-0.1, -0.05) is 12.1 Å². The summed E-state index contributed by atoms with van der Waals surface area (Å²) in [6, 6.07) is 6.03. The van der Waals surface area contributed by atoms with Crippen molar-refractivity contribution in [3.63, 3.8) is 0 Å². The molecule has 0 fully saturated rings. The Hall–Kier alpha value is -2.55. The number of anilines is 1. The number of hydrogen-bond acceptors (Lipinski definition) is 4. The van der Waals surface area contributed by atoms with Gasteiger partial charge < -0.3 is 14.4 Å². The van der Waals surface area contributed by atoms with Gasteiger partial charge in [0.15, 0.2) is 6.29 Å². The molecular formula is C14H14F3N3O3. The maximum atomic E-state index is 12.7. The van der Waals surface area contributed by atoms with Crippen LogP contribution in [0.15, 0.2) is 30.5 Å². The SMILES string of the molecule is CC(O)Oc1ccccc1C(=O)Nc1ncc(C(F)(F)F)n1C. The highest BCUT2D eigenvalue weighted by atomic mass is 19.4. The van der Waals surface area contributed by atoms with E-state index in [0.29, 0.717) is 6.20 Å². The van der Waals surface area contributed by atoms with Crippen LogP contribution in [0, 0.1) is 0 Å². The first-order chi connectivity index (χ1) is 10.7. The van der Waals surface area contributed by atoms with Crippen LogP contribution in [0.25, 0.3) is 0 Å². The zero-order chi connectivity index (χ0) is 17.2. The molecule has 0 bridgehead atoms. The van der Waals surface area contributed by atoms with Gasteiger partial charge in [-0.25, -0.2) is 4.98 Å². The molecule has 0 saturated heterocycles. The van der Waals surface area contributed by atoms with Crippen LogP contribution in [-0.2, 0) is 13.2 Å². The quantitative estimate of drug-likeness (QED) is 0.845. The van der Waals surface area contributed by atoms with Crippen LogP contribution < -0.4 is 10.1 Å². The van der Waals surface area contributed by atoms with E-state index < -0.39 is 24.1 Å². The molecule has 0 spiro atoms. The molecule has 1 unspecified atom stereocenters. The van der Waals surface area contributed by atoms with Crippen LogP contribution in [0.3, 0.4) is 0 Å². The predicted octanol–water partition coefficient (Wildman–Crippen LogP) is 2.41. The number of nitrogens with one attached hydrogen (secondary N) is 1. The smallest absolute Gasteiger partial charge is 0.433 e. The summed E-state index contributed by atoms with van der Waals surface area (Å²) in [5.41, 5.74) is -0.925. The number of aromatic nitrogens is 2. The number of rotatable bonds is 4. The molecule has 2 rings (SSSR count). The highest BCUT2D eigenvalue weighted by molar-refractivity contribution is 6.05. The molecule has 0 saturated carbocycles. The number of imidazole rings is 1. The van der Waals surface area contributed by atoms with Crippen LogP contribution in [0.4, 0.5) is 19.1 Å². The van der Waals surface area contributed by atoms with Crippen LogP contribution in [-0.4, -0.2) is 26.9 Å². The number of alkyl halides is 3. The standard InChI is InChI=1S/C14H14F3N3O3/c1-8(21)23-10-6-4-3-5-9(10)12(22)19-13-18-7-11(20(13)2)14(15,16)17/h3-8,21H,1-2H3,(H,18,19,22). The van der Waals surface area contributed by atoms with E-state index in [2.05, 4.69) is 10.3 Å². The van der Waals surface area contributed by atoms with Gasteiger partial charge in [0.1, 0.15) is 11.4 Å². The third-order valence-corrected chi connectivity index (χ3v) is 2.93. The largest absolute Gasteiger partial charge is 0.465 e. The fraction of sp³-hybridized carbons (Fsp3) is 0.286. The third-order valence-electron chi connectivity index (χ3n) is 2.93. The number of aliphatic hydroxyl groups excluding tert-OH is 1. The lowest BCUT2D eigenvalue weighted by Crippen LogP contribution is -2.19. The number of nitrogens with zero attached hydrogens (tertiary/aromatic N) is 2. The van der Waals surface area contributed by atoms with Crippen LogP contribution >= 0.6 is 0 Å². The van der Waals surface area contributed by atoms with Crippen molar-refractivity contribution in [2.45, 2.75) is 19.4 Å². The Kier molecular flexibility index (Phi) is 4.60. The zero-order valence-corrected chi connectivity index (χ0v) is 12.3. The Labute approximate surface area is 129 Å². The number of halogens is 3. The molecule has 23 heavy (non-hydrogen) atoms. The number of para-hydroxylation sites is 1. The summed E-state index contributed by atoms with van der Waals surface area (Å²) in [6.45, 7) is 1.36. The van der Waals surface area contributed by atoms with Gasteiger partial charge in [-0.15, -0.1) is 0 Å². The second-order valence-corrected chi connectivity index (χ2v) is 4.69. The van der Waals surface area contributed by atoms with Gasteiger partial charge in [-0.05, 0) is 19.1 Å². The van der Waals surface area contributed by atoms with Crippen molar-refractivity contribution >= 4 is 11.9 Å². The van der Waals surface area contributed by atoms with Crippen molar-refractivity contribution in [2.24, 2.45) is 7.05 Å². The van der Waals surface area contributed by atoms with Gasteiger partial charge >= 0.3 is 6.18 Å². The average molecular weight is 329 g/mol. The fourth-order valence-electron chi connectivity index (χ4n) is 1.90. The van der Waals surface area contributed by atoms with Crippen molar-refractivity contribution in [1.82, 2.24) is 9.55 Å². The first kappa shape index (κ1) is 16.8. The second kappa shape index (κ2) is 6.29. The van der Waals surface area contributed by atoms with E-state index in [0.717, 1.165) is 11.6 Å². The monoisotopic (exact) mass is 329 g/mol. The lowest BCUT2D eigenvalue weighted by molar-refractivity contribution is -0.143. The molecule has 0 aliphatic carbocycles. The summed E-state index contributed by atoms with van der Waals surface area (Å²) in [4.78, 5) is 15.8. The minimum absolute atomic E-state index is 0.0601. The Morgan fingerprint density at radius 3 is 2.61 bits per heavy atom. The van der Waals surface area contributed by atoms with Crippen molar-refractivity contribution in [1.29, 1.82) is 0 Å². The topological polar surface area (TPSA) is 76.4 Å².